The summed E-state index contributed by atoms with van der Waals surface area (Å²) in [6, 6.07) is 0. The molecule has 0 amide bonds. The lowest BCUT2D eigenvalue weighted by atomic mass is 10.4. The number of rotatable bonds is 3. The van der Waals surface area contributed by atoms with Crippen molar-refractivity contribution in [3.05, 3.63) is 12.3 Å². The predicted octanol–water partition coefficient (Wildman–Crippen LogP) is -0.619. The van der Waals surface area contributed by atoms with Crippen LogP contribution in [-0.2, 0) is 4.79 Å². The van der Waals surface area contributed by atoms with Gasteiger partial charge in [-0.2, -0.15) is 0 Å². The summed E-state index contributed by atoms with van der Waals surface area (Å²) in [6.45, 7) is 1.16. The second-order valence-electron chi connectivity index (χ2n) is 2.32. The summed E-state index contributed by atoms with van der Waals surface area (Å²) in [6.07, 6.45) is 3.71. The minimum absolute atomic E-state index is 0.120. The molecule has 11 heavy (non-hydrogen) atoms. The number of carboxylic acid groups (broad SMARTS) is 1. The smallest absolute Gasteiger partial charge is 0.304 e. The maximum Gasteiger partial charge on any atom is 0.304 e. The van der Waals surface area contributed by atoms with Crippen LogP contribution >= 0.6 is 0 Å². The van der Waals surface area contributed by atoms with Crippen molar-refractivity contribution in [2.45, 2.75) is 6.42 Å². The molecule has 0 aromatic carbocycles. The predicted molar refractivity (Wildman–Crippen MR) is 39.0 cm³/mol. The van der Waals surface area contributed by atoms with Crippen LogP contribution in [0, 0.1) is 0 Å². The van der Waals surface area contributed by atoms with Gasteiger partial charge in [-0.3, -0.25) is 4.79 Å². The first-order chi connectivity index (χ1) is 5.20. The summed E-state index contributed by atoms with van der Waals surface area (Å²) in [7, 11) is 0. The summed E-state index contributed by atoms with van der Waals surface area (Å²) in [5, 5.41) is 11.5. The molecule has 5 heteroatoms. The van der Waals surface area contributed by atoms with Crippen LogP contribution in [0.4, 0.5) is 0 Å². The molecule has 1 aliphatic rings. The number of nitrogens with two attached hydrogens (primary N) is 1. The van der Waals surface area contributed by atoms with Crippen molar-refractivity contribution >= 4 is 5.97 Å². The fourth-order valence-electron chi connectivity index (χ4n) is 0.897. The minimum atomic E-state index is -0.801. The summed E-state index contributed by atoms with van der Waals surface area (Å²) in [5.74, 6) is 4.64. The van der Waals surface area contributed by atoms with E-state index >= 15 is 0 Å². The largest absolute Gasteiger partial charge is 0.481 e. The van der Waals surface area contributed by atoms with E-state index in [4.69, 9.17) is 10.9 Å². The molecule has 0 unspecified atom stereocenters. The Labute approximate surface area is 64.6 Å². The number of hydrogen-bond donors (Lipinski definition) is 2. The number of hydrazine groups is 2. The highest BCUT2D eigenvalue weighted by Gasteiger charge is 2.12. The Kier molecular flexibility index (Phi) is 2.45. The molecular weight excluding hydrogens is 146 g/mol. The molecule has 0 spiro atoms. The molecule has 1 rings (SSSR count). The first-order valence-corrected chi connectivity index (χ1v) is 3.37. The van der Waals surface area contributed by atoms with Crippen molar-refractivity contribution < 1.29 is 9.90 Å². The van der Waals surface area contributed by atoms with Crippen LogP contribution in [0.1, 0.15) is 6.42 Å². The third-order valence-corrected chi connectivity index (χ3v) is 1.48. The summed E-state index contributed by atoms with van der Waals surface area (Å²) >= 11 is 0. The summed E-state index contributed by atoms with van der Waals surface area (Å²) < 4.78 is 0. The molecular formula is C6H11N3O2. The summed E-state index contributed by atoms with van der Waals surface area (Å²) in [5.41, 5.74) is 0. The zero-order valence-electron chi connectivity index (χ0n) is 6.10. The van der Waals surface area contributed by atoms with Crippen molar-refractivity contribution in [1.82, 2.24) is 10.1 Å². The van der Waals surface area contributed by atoms with E-state index in [1.165, 1.54) is 5.12 Å². The molecule has 5 nitrogen and oxygen atoms in total. The van der Waals surface area contributed by atoms with Gasteiger partial charge in [-0.05, 0) is 6.08 Å². The van der Waals surface area contributed by atoms with Gasteiger partial charge in [0.05, 0.1) is 6.42 Å². The standard InChI is InChI=1S/C6H11N3O2/c7-9-4-1-3-8(9)5-2-6(10)11/h1,4H,2-3,5,7H2,(H,10,11). The van der Waals surface area contributed by atoms with E-state index in [1.807, 2.05) is 6.08 Å². The minimum Gasteiger partial charge on any atom is -0.481 e. The van der Waals surface area contributed by atoms with Gasteiger partial charge in [0.15, 0.2) is 0 Å². The number of nitrogens with zero attached hydrogens (tertiary/aromatic N) is 2. The fourth-order valence-corrected chi connectivity index (χ4v) is 0.897. The Balaban J connectivity index is 2.23. The van der Waals surface area contributed by atoms with E-state index in [2.05, 4.69) is 0 Å². The van der Waals surface area contributed by atoms with Gasteiger partial charge in [0.1, 0.15) is 0 Å². The molecule has 0 atom stereocenters. The number of aliphatic carboxylic acids is 1. The van der Waals surface area contributed by atoms with E-state index in [1.54, 1.807) is 11.2 Å². The van der Waals surface area contributed by atoms with E-state index in [-0.39, 0.29) is 6.42 Å². The maximum absolute atomic E-state index is 10.2. The number of hydrogen-bond acceptors (Lipinski definition) is 4. The number of carboxylic acids is 1. The Morgan fingerprint density at radius 1 is 1.73 bits per heavy atom. The molecule has 0 saturated carbocycles. The van der Waals surface area contributed by atoms with Crippen LogP contribution in [-0.4, -0.2) is 34.3 Å². The van der Waals surface area contributed by atoms with Crippen LogP contribution in [0.3, 0.4) is 0 Å². The molecule has 0 saturated heterocycles. The topological polar surface area (TPSA) is 69.8 Å². The third kappa shape index (κ3) is 2.21. The third-order valence-electron chi connectivity index (χ3n) is 1.48. The van der Waals surface area contributed by atoms with E-state index in [9.17, 15) is 4.79 Å². The molecule has 0 aromatic heterocycles. The average molecular weight is 157 g/mol. The van der Waals surface area contributed by atoms with Gasteiger partial charge in [0, 0.05) is 19.3 Å². The van der Waals surface area contributed by atoms with E-state index < -0.39 is 5.97 Å². The van der Waals surface area contributed by atoms with Gasteiger partial charge in [0.2, 0.25) is 0 Å². The molecule has 62 valence electrons. The lowest BCUT2D eigenvalue weighted by Crippen LogP contribution is -2.41. The van der Waals surface area contributed by atoms with Gasteiger partial charge < -0.3 is 5.11 Å². The molecule has 0 aromatic rings. The van der Waals surface area contributed by atoms with Crippen molar-refractivity contribution in [2.24, 2.45) is 5.84 Å². The lowest BCUT2D eigenvalue weighted by molar-refractivity contribution is -0.138. The first-order valence-electron chi connectivity index (χ1n) is 3.37. The SMILES string of the molecule is NN1C=CCN1CCC(=O)O. The van der Waals surface area contributed by atoms with Gasteiger partial charge >= 0.3 is 5.97 Å². The average Bonchev–Trinajstić information content (AvgIpc) is 2.31. The fraction of sp³-hybridized carbons (Fsp3) is 0.500. The quantitative estimate of drug-likeness (QED) is 0.534. The Morgan fingerprint density at radius 2 is 2.45 bits per heavy atom. The van der Waals surface area contributed by atoms with Crippen molar-refractivity contribution in [1.29, 1.82) is 0 Å². The molecule has 0 radical (unpaired) electrons. The Hall–Kier alpha value is -1.07. The molecule has 1 aliphatic heterocycles. The molecule has 3 N–H and O–H groups in total. The monoisotopic (exact) mass is 157 g/mol. The zero-order chi connectivity index (χ0) is 8.27. The maximum atomic E-state index is 10.2. The van der Waals surface area contributed by atoms with Crippen molar-refractivity contribution in [3.8, 4) is 0 Å². The summed E-state index contributed by atoms with van der Waals surface area (Å²) in [4.78, 5) is 10.2. The van der Waals surface area contributed by atoms with E-state index in [0.29, 0.717) is 13.1 Å². The van der Waals surface area contributed by atoms with Crippen LogP contribution in [0.5, 0.6) is 0 Å². The molecule has 0 bridgehead atoms. The van der Waals surface area contributed by atoms with Crippen LogP contribution in [0.15, 0.2) is 12.3 Å². The van der Waals surface area contributed by atoms with Gasteiger partial charge in [0.25, 0.3) is 0 Å². The van der Waals surface area contributed by atoms with Gasteiger partial charge in [-0.25, -0.2) is 16.0 Å². The van der Waals surface area contributed by atoms with Crippen LogP contribution in [0.25, 0.3) is 0 Å². The van der Waals surface area contributed by atoms with Gasteiger partial charge in [-0.15, -0.1) is 0 Å². The van der Waals surface area contributed by atoms with Crippen molar-refractivity contribution in [3.63, 3.8) is 0 Å². The lowest BCUT2D eigenvalue weighted by Gasteiger charge is -2.22. The molecule has 0 fully saturated rings. The Morgan fingerprint density at radius 3 is 2.91 bits per heavy atom. The molecule has 0 aliphatic carbocycles. The molecule has 1 heterocycles. The van der Waals surface area contributed by atoms with Crippen molar-refractivity contribution in [2.75, 3.05) is 13.1 Å². The zero-order valence-corrected chi connectivity index (χ0v) is 6.10. The van der Waals surface area contributed by atoms with Crippen LogP contribution in [0.2, 0.25) is 0 Å². The van der Waals surface area contributed by atoms with Gasteiger partial charge in [-0.1, -0.05) is 0 Å². The highest BCUT2D eigenvalue weighted by molar-refractivity contribution is 5.66. The number of carbonyl (C=O) groups is 1. The normalized spacial score (nSPS) is 17.7. The highest BCUT2D eigenvalue weighted by Crippen LogP contribution is 2.02. The second-order valence-corrected chi connectivity index (χ2v) is 2.32. The second kappa shape index (κ2) is 3.36. The van der Waals surface area contributed by atoms with Crippen LogP contribution < -0.4 is 5.84 Å². The first kappa shape index (κ1) is 8.03. The highest BCUT2D eigenvalue weighted by atomic mass is 16.4. The van der Waals surface area contributed by atoms with E-state index in [0.717, 1.165) is 0 Å². The Bertz CT molecular complexity index is 181.